The topological polar surface area (TPSA) is 80.0 Å². The molecule has 2 amide bonds. The molecule has 5 nitrogen and oxygen atoms in total. The van der Waals surface area contributed by atoms with Crippen molar-refractivity contribution >= 4 is 22.5 Å². The zero-order chi connectivity index (χ0) is 7.40. The fourth-order valence-corrected chi connectivity index (χ4v) is 0.883. The number of nitrogens with two attached hydrogens (primary N) is 1. The first-order chi connectivity index (χ1) is 4.79. The molecule has 0 aliphatic rings. The van der Waals surface area contributed by atoms with E-state index in [1.807, 2.05) is 0 Å². The van der Waals surface area contributed by atoms with Crippen molar-refractivity contribution in [3.8, 4) is 0 Å². The summed E-state index contributed by atoms with van der Waals surface area (Å²) in [6, 6.07) is -0.629. The van der Waals surface area contributed by atoms with Crippen molar-refractivity contribution in [2.24, 2.45) is 5.73 Å². The molecule has 0 radical (unpaired) electrons. The van der Waals surface area contributed by atoms with Crippen LogP contribution >= 0.6 is 11.3 Å². The number of nitrogens with zero attached hydrogens (tertiary/aromatic N) is 1. The SMILES string of the molecule is NC(=O)NNc1nccs1. The van der Waals surface area contributed by atoms with Gasteiger partial charge >= 0.3 is 6.03 Å². The Labute approximate surface area is 61.2 Å². The van der Waals surface area contributed by atoms with Crippen LogP contribution in [0.2, 0.25) is 0 Å². The summed E-state index contributed by atoms with van der Waals surface area (Å²) in [5.41, 5.74) is 9.46. The van der Waals surface area contributed by atoms with E-state index in [1.54, 1.807) is 11.6 Å². The highest BCUT2D eigenvalue weighted by atomic mass is 32.1. The summed E-state index contributed by atoms with van der Waals surface area (Å²) in [6.45, 7) is 0. The number of thiazole rings is 1. The van der Waals surface area contributed by atoms with E-state index < -0.39 is 6.03 Å². The van der Waals surface area contributed by atoms with Crippen LogP contribution in [-0.4, -0.2) is 11.0 Å². The predicted octanol–water partition coefficient (Wildman–Crippen LogP) is 0.138. The first-order valence-electron chi connectivity index (χ1n) is 2.50. The lowest BCUT2D eigenvalue weighted by Gasteiger charge is -1.98. The Kier molecular flexibility index (Phi) is 2.06. The number of anilines is 1. The fourth-order valence-electron chi connectivity index (χ4n) is 0.400. The lowest BCUT2D eigenvalue weighted by Crippen LogP contribution is -2.34. The van der Waals surface area contributed by atoms with Crippen molar-refractivity contribution in [3.63, 3.8) is 0 Å². The van der Waals surface area contributed by atoms with E-state index in [9.17, 15) is 4.79 Å². The average molecular weight is 158 g/mol. The minimum absolute atomic E-state index is 0.610. The molecular formula is C4H6N4OS. The molecule has 54 valence electrons. The monoisotopic (exact) mass is 158 g/mol. The number of carbonyl (C=O) groups is 1. The van der Waals surface area contributed by atoms with Crippen molar-refractivity contribution in [2.75, 3.05) is 5.43 Å². The Morgan fingerprint density at radius 1 is 1.80 bits per heavy atom. The lowest BCUT2D eigenvalue weighted by molar-refractivity contribution is 0.250. The number of primary amides is 1. The van der Waals surface area contributed by atoms with E-state index in [0.29, 0.717) is 5.13 Å². The molecule has 1 heterocycles. The van der Waals surface area contributed by atoms with E-state index in [0.717, 1.165) is 0 Å². The number of hydrogen-bond acceptors (Lipinski definition) is 4. The summed E-state index contributed by atoms with van der Waals surface area (Å²) >= 11 is 1.37. The summed E-state index contributed by atoms with van der Waals surface area (Å²) in [5, 5.41) is 2.39. The maximum atomic E-state index is 10.1. The normalized spacial score (nSPS) is 8.80. The Morgan fingerprint density at radius 3 is 3.10 bits per heavy atom. The van der Waals surface area contributed by atoms with Gasteiger partial charge in [-0.2, -0.15) is 0 Å². The van der Waals surface area contributed by atoms with E-state index in [2.05, 4.69) is 15.8 Å². The maximum Gasteiger partial charge on any atom is 0.330 e. The van der Waals surface area contributed by atoms with Crippen LogP contribution in [0.25, 0.3) is 0 Å². The van der Waals surface area contributed by atoms with E-state index in [1.165, 1.54) is 11.3 Å². The van der Waals surface area contributed by atoms with Gasteiger partial charge < -0.3 is 5.73 Å². The van der Waals surface area contributed by atoms with Gasteiger partial charge in [-0.05, 0) is 0 Å². The third kappa shape index (κ3) is 1.90. The highest BCUT2D eigenvalue weighted by Crippen LogP contribution is 2.07. The second kappa shape index (κ2) is 3.02. The van der Waals surface area contributed by atoms with E-state index in [4.69, 9.17) is 5.73 Å². The zero-order valence-corrected chi connectivity index (χ0v) is 5.81. The van der Waals surface area contributed by atoms with Crippen LogP contribution < -0.4 is 16.6 Å². The smallest absolute Gasteiger partial charge is 0.330 e. The third-order valence-electron chi connectivity index (χ3n) is 0.725. The maximum absolute atomic E-state index is 10.1. The molecule has 1 aromatic heterocycles. The molecule has 0 spiro atoms. The number of carbonyl (C=O) groups excluding carboxylic acids is 1. The molecule has 0 saturated heterocycles. The Bertz CT molecular complexity index is 209. The number of hydrazine groups is 1. The minimum Gasteiger partial charge on any atom is -0.350 e. The zero-order valence-electron chi connectivity index (χ0n) is 5.00. The van der Waals surface area contributed by atoms with Gasteiger partial charge in [-0.3, -0.25) is 5.43 Å². The summed E-state index contributed by atoms with van der Waals surface area (Å²) < 4.78 is 0. The van der Waals surface area contributed by atoms with Crippen LogP contribution in [0.5, 0.6) is 0 Å². The molecule has 0 aliphatic carbocycles. The second-order valence-electron chi connectivity index (χ2n) is 1.45. The molecule has 6 heteroatoms. The van der Waals surface area contributed by atoms with Gasteiger partial charge in [-0.1, -0.05) is 0 Å². The van der Waals surface area contributed by atoms with Crippen LogP contribution in [0.15, 0.2) is 11.6 Å². The highest BCUT2D eigenvalue weighted by molar-refractivity contribution is 7.13. The van der Waals surface area contributed by atoms with Crippen molar-refractivity contribution in [1.82, 2.24) is 10.4 Å². The largest absolute Gasteiger partial charge is 0.350 e. The number of nitrogens with one attached hydrogen (secondary N) is 2. The molecule has 0 unspecified atom stereocenters. The summed E-state index contributed by atoms with van der Waals surface area (Å²) in [4.78, 5) is 13.9. The molecular weight excluding hydrogens is 152 g/mol. The number of hydrogen-bond donors (Lipinski definition) is 3. The van der Waals surface area contributed by atoms with Gasteiger partial charge in [0.05, 0.1) is 0 Å². The number of aromatic nitrogens is 1. The summed E-state index contributed by atoms with van der Waals surface area (Å²) in [7, 11) is 0. The Balaban J connectivity index is 2.35. The first-order valence-corrected chi connectivity index (χ1v) is 3.38. The van der Waals surface area contributed by atoms with Gasteiger partial charge in [0.2, 0.25) is 5.13 Å². The number of rotatable bonds is 2. The molecule has 0 fully saturated rings. The molecule has 0 bridgehead atoms. The van der Waals surface area contributed by atoms with E-state index >= 15 is 0 Å². The molecule has 0 aromatic carbocycles. The van der Waals surface area contributed by atoms with Gasteiger partial charge in [0.25, 0.3) is 0 Å². The highest BCUT2D eigenvalue weighted by Gasteiger charge is 1.92. The van der Waals surface area contributed by atoms with Crippen LogP contribution in [0.1, 0.15) is 0 Å². The van der Waals surface area contributed by atoms with Crippen molar-refractivity contribution in [1.29, 1.82) is 0 Å². The first kappa shape index (κ1) is 6.81. The summed E-state index contributed by atoms with van der Waals surface area (Å²) in [5.74, 6) is 0. The van der Waals surface area contributed by atoms with Crippen molar-refractivity contribution in [2.45, 2.75) is 0 Å². The molecule has 0 atom stereocenters. The average Bonchev–Trinajstić information content (AvgIpc) is 2.34. The van der Waals surface area contributed by atoms with E-state index in [-0.39, 0.29) is 0 Å². The van der Waals surface area contributed by atoms with Gasteiger partial charge in [0.1, 0.15) is 0 Å². The Hall–Kier alpha value is -1.30. The van der Waals surface area contributed by atoms with Gasteiger partial charge in [-0.25, -0.2) is 15.2 Å². The van der Waals surface area contributed by atoms with Crippen LogP contribution in [0, 0.1) is 0 Å². The molecule has 4 N–H and O–H groups in total. The van der Waals surface area contributed by atoms with Crippen molar-refractivity contribution in [3.05, 3.63) is 11.6 Å². The van der Waals surface area contributed by atoms with Gasteiger partial charge in [0, 0.05) is 11.6 Å². The van der Waals surface area contributed by atoms with Crippen LogP contribution in [0.4, 0.5) is 9.93 Å². The fraction of sp³-hybridized carbons (Fsp3) is 0. The minimum atomic E-state index is -0.629. The standard InChI is InChI=1S/C4H6N4OS/c5-3(9)7-8-4-6-1-2-10-4/h1-2H,(H,6,8)(H3,5,7,9). The number of amides is 2. The molecule has 0 saturated carbocycles. The molecule has 0 aliphatic heterocycles. The van der Waals surface area contributed by atoms with Gasteiger partial charge in [0.15, 0.2) is 0 Å². The number of urea groups is 1. The summed E-state index contributed by atoms with van der Waals surface area (Å²) in [6.07, 6.45) is 1.62. The second-order valence-corrected chi connectivity index (χ2v) is 2.35. The predicted molar refractivity (Wildman–Crippen MR) is 38.5 cm³/mol. The van der Waals surface area contributed by atoms with Gasteiger partial charge in [-0.15, -0.1) is 11.3 Å². The molecule has 1 aromatic rings. The quantitative estimate of drug-likeness (QED) is 0.535. The van der Waals surface area contributed by atoms with Crippen LogP contribution in [-0.2, 0) is 0 Å². The lowest BCUT2D eigenvalue weighted by atomic mass is 11.0. The van der Waals surface area contributed by atoms with Crippen LogP contribution in [0.3, 0.4) is 0 Å². The van der Waals surface area contributed by atoms with Crippen molar-refractivity contribution < 1.29 is 4.79 Å². The molecule has 10 heavy (non-hydrogen) atoms. The third-order valence-corrected chi connectivity index (χ3v) is 1.41. The Morgan fingerprint density at radius 2 is 2.60 bits per heavy atom. The molecule has 1 rings (SSSR count).